The fourth-order valence-corrected chi connectivity index (χ4v) is 3.14. The molecule has 0 aliphatic heterocycles. The van der Waals surface area contributed by atoms with Crippen molar-refractivity contribution in [3.63, 3.8) is 0 Å². The molecule has 0 bridgehead atoms. The molecule has 0 atom stereocenters. The molecular weight excluding hydrogens is 373 g/mol. The van der Waals surface area contributed by atoms with E-state index in [9.17, 15) is 22.8 Å². The first-order valence-corrected chi connectivity index (χ1v) is 9.03. The van der Waals surface area contributed by atoms with E-state index in [1.807, 2.05) is 0 Å². The van der Waals surface area contributed by atoms with Crippen LogP contribution in [0.1, 0.15) is 43.0 Å². The highest BCUT2D eigenvalue weighted by Gasteiger charge is 2.28. The lowest BCUT2D eigenvalue weighted by Crippen LogP contribution is -2.25. The van der Waals surface area contributed by atoms with Gasteiger partial charge in [0, 0.05) is 0 Å². The lowest BCUT2D eigenvalue weighted by Gasteiger charge is -2.24. The van der Waals surface area contributed by atoms with E-state index in [4.69, 9.17) is 9.47 Å². The first-order chi connectivity index (χ1) is 13.4. The zero-order valence-corrected chi connectivity index (χ0v) is 15.2. The lowest BCUT2D eigenvalue weighted by atomic mass is 9.83. The smallest absolute Gasteiger partial charge is 0.346 e. The molecule has 0 radical (unpaired) electrons. The number of rotatable bonds is 4. The topological polar surface area (TPSA) is 52.6 Å². The molecule has 0 heterocycles. The molecule has 2 aromatic rings. The van der Waals surface area contributed by atoms with Gasteiger partial charge in [0.2, 0.25) is 11.6 Å². The van der Waals surface area contributed by atoms with Gasteiger partial charge in [-0.15, -0.1) is 0 Å². The normalized spacial score (nSPS) is 19.1. The summed E-state index contributed by atoms with van der Waals surface area (Å²) in [5.74, 6) is -6.69. The molecule has 0 spiro atoms. The minimum absolute atomic E-state index is 0.350. The second kappa shape index (κ2) is 8.46. The summed E-state index contributed by atoms with van der Waals surface area (Å²) >= 11 is 0. The Morgan fingerprint density at radius 2 is 1.43 bits per heavy atom. The monoisotopic (exact) mass is 392 g/mol. The molecule has 148 valence electrons. The average Bonchev–Trinajstić information content (AvgIpc) is 2.68. The van der Waals surface area contributed by atoms with Gasteiger partial charge >= 0.3 is 11.9 Å². The molecular formula is C21H19F3O4. The Morgan fingerprint density at radius 1 is 0.857 bits per heavy atom. The first kappa shape index (κ1) is 19.9. The number of halogens is 3. The van der Waals surface area contributed by atoms with E-state index in [-0.39, 0.29) is 5.92 Å². The van der Waals surface area contributed by atoms with Crippen LogP contribution in [0.15, 0.2) is 36.4 Å². The van der Waals surface area contributed by atoms with Crippen LogP contribution in [0.5, 0.6) is 11.5 Å². The number of hydrogen-bond donors (Lipinski definition) is 0. The fraction of sp³-hybridized carbons (Fsp3) is 0.333. The lowest BCUT2D eigenvalue weighted by molar-refractivity contribution is -0.140. The van der Waals surface area contributed by atoms with Gasteiger partial charge in [0.15, 0.2) is 11.5 Å². The van der Waals surface area contributed by atoms with Crippen LogP contribution in [0.3, 0.4) is 0 Å². The number of carbonyl (C=O) groups excluding carboxylic acids is 2. The molecule has 0 amide bonds. The predicted molar refractivity (Wildman–Crippen MR) is 94.5 cm³/mol. The summed E-state index contributed by atoms with van der Waals surface area (Å²) in [6.07, 6.45) is 3.04. The van der Waals surface area contributed by atoms with Gasteiger partial charge in [-0.3, -0.25) is 4.79 Å². The first-order valence-electron chi connectivity index (χ1n) is 9.03. The summed E-state index contributed by atoms with van der Waals surface area (Å²) in [6, 6.07) is 6.96. The molecule has 0 unspecified atom stereocenters. The Bertz CT molecular complexity index is 889. The largest absolute Gasteiger partial charge is 0.423 e. The van der Waals surface area contributed by atoms with E-state index in [0.29, 0.717) is 18.8 Å². The summed E-state index contributed by atoms with van der Waals surface area (Å²) < 4.78 is 51.9. The average molecular weight is 392 g/mol. The zero-order chi connectivity index (χ0) is 20.3. The highest BCUT2D eigenvalue weighted by atomic mass is 19.2. The molecule has 0 aromatic heterocycles. The second-order valence-electron chi connectivity index (χ2n) is 6.94. The van der Waals surface area contributed by atoms with Crippen LogP contribution in [0.25, 0.3) is 0 Å². The molecule has 7 heteroatoms. The predicted octanol–water partition coefficient (Wildman–Crippen LogP) is 5.05. The van der Waals surface area contributed by atoms with Crippen molar-refractivity contribution in [2.24, 2.45) is 11.8 Å². The Labute approximate surface area is 160 Å². The van der Waals surface area contributed by atoms with Crippen molar-refractivity contribution < 1.29 is 32.2 Å². The van der Waals surface area contributed by atoms with Crippen molar-refractivity contribution in [1.82, 2.24) is 0 Å². The van der Waals surface area contributed by atoms with Crippen molar-refractivity contribution in [3.8, 4) is 11.5 Å². The Kier molecular flexibility index (Phi) is 6.02. The second-order valence-corrected chi connectivity index (χ2v) is 6.94. The van der Waals surface area contributed by atoms with Crippen LogP contribution in [-0.4, -0.2) is 11.9 Å². The van der Waals surface area contributed by atoms with Crippen molar-refractivity contribution >= 4 is 11.9 Å². The summed E-state index contributed by atoms with van der Waals surface area (Å²) in [5, 5.41) is 0. The highest BCUT2D eigenvalue weighted by molar-refractivity contribution is 5.91. The van der Waals surface area contributed by atoms with Gasteiger partial charge < -0.3 is 9.47 Å². The summed E-state index contributed by atoms with van der Waals surface area (Å²) in [4.78, 5) is 24.1. The molecule has 28 heavy (non-hydrogen) atoms. The molecule has 1 saturated carbocycles. The van der Waals surface area contributed by atoms with E-state index in [0.717, 1.165) is 37.1 Å². The number of carbonyl (C=O) groups is 2. The number of hydrogen-bond acceptors (Lipinski definition) is 4. The minimum Gasteiger partial charge on any atom is -0.423 e. The third-order valence-electron chi connectivity index (χ3n) is 4.87. The van der Waals surface area contributed by atoms with Crippen LogP contribution < -0.4 is 9.47 Å². The van der Waals surface area contributed by atoms with Gasteiger partial charge in [-0.1, -0.05) is 19.1 Å². The van der Waals surface area contributed by atoms with Crippen LogP contribution in [-0.2, 0) is 4.79 Å². The Morgan fingerprint density at radius 3 is 2.04 bits per heavy atom. The highest BCUT2D eigenvalue weighted by Crippen LogP contribution is 2.32. The molecule has 1 aliphatic rings. The fourth-order valence-electron chi connectivity index (χ4n) is 3.14. The standard InChI is InChI=1S/C21H19F3O4/c1-12-6-8-13(9-7-12)20(25)27-16-10-11-17(19(24)18(16)23)28-21(26)14-4-2-3-5-15(14)22/h2-5,10-13H,6-9H2,1H3. The van der Waals surface area contributed by atoms with Gasteiger partial charge in [-0.05, 0) is 55.9 Å². The van der Waals surface area contributed by atoms with E-state index in [1.54, 1.807) is 0 Å². The molecule has 1 aliphatic carbocycles. The maximum absolute atomic E-state index is 14.3. The van der Waals surface area contributed by atoms with E-state index in [1.165, 1.54) is 12.1 Å². The molecule has 0 saturated heterocycles. The number of ether oxygens (including phenoxy) is 2. The minimum atomic E-state index is -1.49. The summed E-state index contributed by atoms with van der Waals surface area (Å²) in [6.45, 7) is 2.10. The van der Waals surface area contributed by atoms with E-state index in [2.05, 4.69) is 6.92 Å². The van der Waals surface area contributed by atoms with Gasteiger partial charge in [-0.25, -0.2) is 9.18 Å². The summed E-state index contributed by atoms with van der Waals surface area (Å²) in [5.41, 5.74) is -0.413. The molecule has 1 fully saturated rings. The van der Waals surface area contributed by atoms with Crippen molar-refractivity contribution in [2.75, 3.05) is 0 Å². The van der Waals surface area contributed by atoms with Crippen molar-refractivity contribution in [1.29, 1.82) is 0 Å². The van der Waals surface area contributed by atoms with Crippen LogP contribution in [0.2, 0.25) is 0 Å². The van der Waals surface area contributed by atoms with Gasteiger partial charge in [-0.2, -0.15) is 8.78 Å². The van der Waals surface area contributed by atoms with Crippen LogP contribution in [0, 0.1) is 29.3 Å². The zero-order valence-electron chi connectivity index (χ0n) is 15.2. The van der Waals surface area contributed by atoms with Crippen molar-refractivity contribution in [3.05, 3.63) is 59.4 Å². The van der Waals surface area contributed by atoms with E-state index < -0.39 is 46.5 Å². The Balaban J connectivity index is 1.71. The molecule has 0 N–H and O–H groups in total. The molecule has 2 aromatic carbocycles. The van der Waals surface area contributed by atoms with Crippen LogP contribution >= 0.6 is 0 Å². The third-order valence-corrected chi connectivity index (χ3v) is 4.87. The number of esters is 2. The molecule has 4 nitrogen and oxygen atoms in total. The van der Waals surface area contributed by atoms with Crippen LogP contribution in [0.4, 0.5) is 13.2 Å². The van der Waals surface area contributed by atoms with E-state index >= 15 is 0 Å². The maximum atomic E-state index is 14.3. The number of benzene rings is 2. The van der Waals surface area contributed by atoms with Gasteiger partial charge in [0.05, 0.1) is 11.5 Å². The maximum Gasteiger partial charge on any atom is 0.346 e. The van der Waals surface area contributed by atoms with Crippen molar-refractivity contribution in [2.45, 2.75) is 32.6 Å². The van der Waals surface area contributed by atoms with Gasteiger partial charge in [0.1, 0.15) is 5.82 Å². The Hall–Kier alpha value is -2.83. The SMILES string of the molecule is CC1CCC(C(=O)Oc2ccc(OC(=O)c3ccccc3F)c(F)c2F)CC1. The molecule has 3 rings (SSSR count). The third kappa shape index (κ3) is 4.35. The van der Waals surface area contributed by atoms with Gasteiger partial charge in [0.25, 0.3) is 0 Å². The quantitative estimate of drug-likeness (QED) is 0.539. The summed E-state index contributed by atoms with van der Waals surface area (Å²) in [7, 11) is 0.